The monoisotopic (exact) mass is 394 g/mol. The smallest absolute Gasteiger partial charge is 0.234 e. The molecule has 2 heterocycles. The average molecular weight is 395 g/mol. The van der Waals surface area contributed by atoms with Crippen LogP contribution in [-0.4, -0.2) is 78.5 Å². The van der Waals surface area contributed by atoms with Gasteiger partial charge in [0.15, 0.2) is 5.96 Å². The zero-order valence-electron chi connectivity index (χ0n) is 17.3. The molecule has 2 N–H and O–H groups in total. The Hall–Kier alpha value is -1.67. The first-order valence-electron chi connectivity index (χ1n) is 9.87. The van der Waals surface area contributed by atoms with Crippen molar-refractivity contribution in [2.75, 3.05) is 45.8 Å². The zero-order chi connectivity index (χ0) is 19.8. The molecule has 8 heteroatoms. The van der Waals surface area contributed by atoms with Crippen molar-refractivity contribution in [3.05, 3.63) is 15.6 Å². The first kappa shape index (κ1) is 21.6. The molecule has 1 aliphatic heterocycles. The molecule has 0 saturated carbocycles. The van der Waals surface area contributed by atoms with E-state index in [0.29, 0.717) is 6.54 Å². The quantitative estimate of drug-likeness (QED) is 0.540. The molecule has 1 saturated heterocycles. The summed E-state index contributed by atoms with van der Waals surface area (Å²) in [5.74, 6) is 1.08. The van der Waals surface area contributed by atoms with Gasteiger partial charge in [-0.1, -0.05) is 0 Å². The summed E-state index contributed by atoms with van der Waals surface area (Å²) in [6.07, 6.45) is 0.932. The van der Waals surface area contributed by atoms with Gasteiger partial charge >= 0.3 is 0 Å². The number of nitrogens with zero attached hydrogens (tertiary/aromatic N) is 4. The Labute approximate surface area is 167 Å². The molecule has 0 spiro atoms. The van der Waals surface area contributed by atoms with E-state index in [1.807, 2.05) is 13.8 Å². The molecule has 0 bridgehead atoms. The molecule has 0 radical (unpaired) electrons. The average Bonchev–Trinajstić information content (AvgIpc) is 2.91. The number of carbonyl (C=O) groups is 1. The molecule has 1 amide bonds. The van der Waals surface area contributed by atoms with Crippen LogP contribution in [0.5, 0.6) is 0 Å². The van der Waals surface area contributed by atoms with E-state index in [2.05, 4.69) is 46.2 Å². The van der Waals surface area contributed by atoms with Crippen molar-refractivity contribution in [2.45, 2.75) is 47.1 Å². The molecule has 152 valence electrons. The first-order valence-corrected chi connectivity index (χ1v) is 10.7. The van der Waals surface area contributed by atoms with Crippen molar-refractivity contribution in [1.29, 1.82) is 0 Å². The lowest BCUT2D eigenvalue weighted by molar-refractivity contribution is -0.123. The van der Waals surface area contributed by atoms with Gasteiger partial charge in [-0.3, -0.25) is 14.7 Å². The van der Waals surface area contributed by atoms with Crippen LogP contribution >= 0.6 is 11.3 Å². The third kappa shape index (κ3) is 7.10. The van der Waals surface area contributed by atoms with Crippen LogP contribution in [-0.2, 0) is 11.2 Å². The van der Waals surface area contributed by atoms with E-state index < -0.39 is 0 Å². The molecular weight excluding hydrogens is 360 g/mol. The highest BCUT2D eigenvalue weighted by Gasteiger charge is 2.21. The van der Waals surface area contributed by atoms with Gasteiger partial charge in [0.05, 0.1) is 17.2 Å². The molecule has 1 fully saturated rings. The number of thiazole rings is 1. The van der Waals surface area contributed by atoms with Gasteiger partial charge < -0.3 is 15.5 Å². The lowest BCUT2D eigenvalue weighted by Gasteiger charge is -2.36. The zero-order valence-corrected chi connectivity index (χ0v) is 18.2. The van der Waals surface area contributed by atoms with Crippen LogP contribution in [0.4, 0.5) is 0 Å². The van der Waals surface area contributed by atoms with Crippen LogP contribution in [0.2, 0.25) is 0 Å². The number of nitrogens with one attached hydrogen (secondary N) is 2. The van der Waals surface area contributed by atoms with Crippen molar-refractivity contribution in [2.24, 2.45) is 4.99 Å². The van der Waals surface area contributed by atoms with E-state index in [-0.39, 0.29) is 11.9 Å². The number of rotatable bonds is 7. The van der Waals surface area contributed by atoms with Crippen LogP contribution in [0.3, 0.4) is 0 Å². The van der Waals surface area contributed by atoms with E-state index in [4.69, 9.17) is 4.99 Å². The summed E-state index contributed by atoms with van der Waals surface area (Å²) in [6.45, 7) is 15.8. The summed E-state index contributed by atoms with van der Waals surface area (Å²) >= 11 is 1.77. The Morgan fingerprint density at radius 3 is 2.52 bits per heavy atom. The summed E-state index contributed by atoms with van der Waals surface area (Å²) in [6, 6.07) is 0.192. The van der Waals surface area contributed by atoms with Gasteiger partial charge in [-0.15, -0.1) is 11.3 Å². The standard InChI is InChI=1S/C19H34N6OS/c1-6-20-19(21-8-7-17-15(4)23-16(5)27-17)25-11-9-24(10-12-25)13-18(26)22-14(2)3/h14H,6-13H2,1-5H3,(H,20,21)(H,22,26). The second-order valence-corrected chi connectivity index (χ2v) is 8.50. The number of amides is 1. The SMILES string of the molecule is CCNC(=NCCc1sc(C)nc1C)N1CCN(CC(=O)NC(C)C)CC1. The normalized spacial score (nSPS) is 16.1. The fourth-order valence-electron chi connectivity index (χ4n) is 3.18. The number of hydrogen-bond acceptors (Lipinski definition) is 5. The van der Waals surface area contributed by atoms with E-state index >= 15 is 0 Å². The molecule has 27 heavy (non-hydrogen) atoms. The lowest BCUT2D eigenvalue weighted by atomic mass is 10.3. The predicted octanol–water partition coefficient (Wildman–Crippen LogP) is 1.41. The van der Waals surface area contributed by atoms with Gasteiger partial charge in [0, 0.05) is 56.6 Å². The molecule has 0 unspecified atom stereocenters. The van der Waals surface area contributed by atoms with Gasteiger partial charge in [0.2, 0.25) is 5.91 Å². The van der Waals surface area contributed by atoms with Crippen molar-refractivity contribution < 1.29 is 4.79 Å². The molecule has 7 nitrogen and oxygen atoms in total. The first-order chi connectivity index (χ1) is 12.9. The van der Waals surface area contributed by atoms with Crippen molar-refractivity contribution in [3.63, 3.8) is 0 Å². The van der Waals surface area contributed by atoms with Crippen LogP contribution in [0.1, 0.15) is 36.3 Å². The second kappa shape index (κ2) is 10.6. The predicted molar refractivity (Wildman–Crippen MR) is 113 cm³/mol. The summed E-state index contributed by atoms with van der Waals surface area (Å²) in [4.78, 5) is 27.1. The maximum absolute atomic E-state index is 11.9. The molecule has 2 rings (SSSR count). The van der Waals surface area contributed by atoms with E-state index in [1.165, 1.54) is 4.88 Å². The van der Waals surface area contributed by atoms with Gasteiger partial charge in [-0.25, -0.2) is 4.98 Å². The fraction of sp³-hybridized carbons (Fsp3) is 0.737. The van der Waals surface area contributed by atoms with Gasteiger partial charge in [0.25, 0.3) is 0 Å². The number of aryl methyl sites for hydroxylation is 2. The molecule has 0 aromatic carbocycles. The van der Waals surface area contributed by atoms with Crippen molar-refractivity contribution in [1.82, 2.24) is 25.4 Å². The molecule has 1 aromatic heterocycles. The second-order valence-electron chi connectivity index (χ2n) is 7.21. The topological polar surface area (TPSA) is 72.9 Å². The fourth-order valence-corrected chi connectivity index (χ4v) is 4.11. The number of hydrogen-bond donors (Lipinski definition) is 2. The Balaban J connectivity index is 1.84. The minimum Gasteiger partial charge on any atom is -0.357 e. The van der Waals surface area contributed by atoms with E-state index in [1.54, 1.807) is 11.3 Å². The van der Waals surface area contributed by atoms with Crippen molar-refractivity contribution in [3.8, 4) is 0 Å². The number of aliphatic imine (C=N–C) groups is 1. The van der Waals surface area contributed by atoms with Gasteiger partial charge in [-0.05, 0) is 34.6 Å². The Bertz CT molecular complexity index is 634. The Morgan fingerprint density at radius 2 is 1.96 bits per heavy atom. The Kier molecular flexibility index (Phi) is 8.50. The molecule has 1 aliphatic rings. The van der Waals surface area contributed by atoms with Crippen LogP contribution in [0.25, 0.3) is 0 Å². The largest absolute Gasteiger partial charge is 0.357 e. The number of guanidine groups is 1. The van der Waals surface area contributed by atoms with E-state index in [9.17, 15) is 4.79 Å². The maximum atomic E-state index is 11.9. The van der Waals surface area contributed by atoms with Crippen LogP contribution < -0.4 is 10.6 Å². The van der Waals surface area contributed by atoms with Crippen molar-refractivity contribution >= 4 is 23.2 Å². The summed E-state index contributed by atoms with van der Waals surface area (Å²) in [5, 5.41) is 7.49. The van der Waals surface area contributed by atoms with Crippen LogP contribution in [0, 0.1) is 13.8 Å². The summed E-state index contributed by atoms with van der Waals surface area (Å²) in [5.41, 5.74) is 1.13. The minimum absolute atomic E-state index is 0.106. The number of carbonyl (C=O) groups excluding carboxylic acids is 1. The third-order valence-corrected chi connectivity index (χ3v) is 5.56. The maximum Gasteiger partial charge on any atom is 0.234 e. The molecule has 0 atom stereocenters. The number of piperazine rings is 1. The highest BCUT2D eigenvalue weighted by molar-refractivity contribution is 7.11. The third-order valence-electron chi connectivity index (χ3n) is 4.42. The highest BCUT2D eigenvalue weighted by atomic mass is 32.1. The molecule has 0 aliphatic carbocycles. The summed E-state index contributed by atoms with van der Waals surface area (Å²) in [7, 11) is 0. The van der Waals surface area contributed by atoms with Gasteiger partial charge in [0.1, 0.15) is 0 Å². The Morgan fingerprint density at radius 1 is 1.26 bits per heavy atom. The minimum atomic E-state index is 0.106. The summed E-state index contributed by atoms with van der Waals surface area (Å²) < 4.78 is 0. The van der Waals surface area contributed by atoms with Crippen LogP contribution in [0.15, 0.2) is 4.99 Å². The number of aromatic nitrogens is 1. The van der Waals surface area contributed by atoms with E-state index in [0.717, 1.165) is 62.4 Å². The molecule has 1 aromatic rings. The van der Waals surface area contributed by atoms with Gasteiger partial charge in [-0.2, -0.15) is 0 Å². The molecular formula is C19H34N6OS. The lowest BCUT2D eigenvalue weighted by Crippen LogP contribution is -2.54. The highest BCUT2D eigenvalue weighted by Crippen LogP contribution is 2.17.